The predicted molar refractivity (Wildman–Crippen MR) is 164 cm³/mol. The van der Waals surface area contributed by atoms with Gasteiger partial charge in [0.2, 0.25) is 5.91 Å². The number of rotatable bonds is 10. The number of carbonyl (C=O) groups is 2. The molecule has 40 heavy (non-hydrogen) atoms. The molecule has 1 saturated heterocycles. The summed E-state index contributed by atoms with van der Waals surface area (Å²) in [6.07, 6.45) is 0.510. The average Bonchev–Trinajstić information content (AvgIpc) is 3.17. The molecule has 1 N–H and O–H groups in total. The SMILES string of the molecule is COc1ccc(CCN2C(=S)N(c3ccc(N(C)C)cc3)C(=O)[C@H]2CC(=O)Nc2cccc(Cl)c2C)cc1OC. The number of thiocarbonyl (C=S) groups is 1. The fourth-order valence-corrected chi connectivity index (χ4v) is 5.22. The van der Waals surface area contributed by atoms with E-state index in [1.54, 1.807) is 32.4 Å². The van der Waals surface area contributed by atoms with Crippen molar-refractivity contribution < 1.29 is 19.1 Å². The van der Waals surface area contributed by atoms with E-state index >= 15 is 0 Å². The molecular weight excluding hydrogens is 548 g/mol. The summed E-state index contributed by atoms with van der Waals surface area (Å²) in [5.41, 5.74) is 4.02. The molecule has 3 aromatic carbocycles. The Morgan fingerprint density at radius 3 is 2.40 bits per heavy atom. The van der Waals surface area contributed by atoms with Crippen LogP contribution in [-0.4, -0.2) is 62.7 Å². The van der Waals surface area contributed by atoms with E-state index in [1.807, 2.05) is 73.3 Å². The Hall–Kier alpha value is -3.82. The van der Waals surface area contributed by atoms with Gasteiger partial charge in [-0.15, -0.1) is 0 Å². The van der Waals surface area contributed by atoms with Gasteiger partial charge in [0, 0.05) is 37.0 Å². The van der Waals surface area contributed by atoms with Crippen molar-refractivity contribution >= 4 is 57.8 Å². The van der Waals surface area contributed by atoms with Crippen LogP contribution in [0, 0.1) is 6.92 Å². The number of carbonyl (C=O) groups excluding carboxylic acids is 2. The molecule has 0 bridgehead atoms. The van der Waals surface area contributed by atoms with Gasteiger partial charge in [-0.05, 0) is 85.2 Å². The molecule has 0 radical (unpaired) electrons. The summed E-state index contributed by atoms with van der Waals surface area (Å²) < 4.78 is 10.8. The first kappa shape index (κ1) is 29.2. The van der Waals surface area contributed by atoms with Gasteiger partial charge in [-0.3, -0.25) is 14.5 Å². The van der Waals surface area contributed by atoms with Gasteiger partial charge >= 0.3 is 0 Å². The van der Waals surface area contributed by atoms with Crippen molar-refractivity contribution in [3.63, 3.8) is 0 Å². The minimum Gasteiger partial charge on any atom is -0.493 e. The highest BCUT2D eigenvalue weighted by Gasteiger charge is 2.44. The zero-order valence-electron chi connectivity index (χ0n) is 23.2. The Bertz CT molecular complexity index is 1410. The quantitative estimate of drug-likeness (QED) is 0.326. The molecular formula is C30H33ClN4O4S. The fourth-order valence-electron chi connectivity index (χ4n) is 4.63. The van der Waals surface area contributed by atoms with Gasteiger partial charge in [0.15, 0.2) is 16.6 Å². The molecule has 1 heterocycles. The first-order valence-corrected chi connectivity index (χ1v) is 13.6. The van der Waals surface area contributed by atoms with Crippen LogP contribution in [0.3, 0.4) is 0 Å². The maximum atomic E-state index is 13.8. The lowest BCUT2D eigenvalue weighted by atomic mass is 10.1. The highest BCUT2D eigenvalue weighted by Crippen LogP contribution is 2.31. The zero-order chi connectivity index (χ0) is 29.0. The zero-order valence-corrected chi connectivity index (χ0v) is 24.8. The van der Waals surface area contributed by atoms with Crippen molar-refractivity contribution in [2.45, 2.75) is 25.8 Å². The van der Waals surface area contributed by atoms with Gasteiger partial charge < -0.3 is 24.6 Å². The standard InChI is InChI=1S/C30H33ClN4O4S/c1-19-23(31)7-6-8-24(19)32-28(36)18-25-29(37)35(22-12-10-21(11-13-22)33(2)3)30(40)34(25)16-15-20-9-14-26(38-4)27(17-20)39-5/h6-14,17,25H,15-16,18H2,1-5H3,(H,32,36)/t25-/m1/s1. The first-order chi connectivity index (χ1) is 19.1. The Morgan fingerprint density at radius 1 is 1.05 bits per heavy atom. The molecule has 1 fully saturated rings. The van der Waals surface area contributed by atoms with Crippen LogP contribution in [0.25, 0.3) is 0 Å². The summed E-state index contributed by atoms with van der Waals surface area (Å²) in [6, 6.07) is 17.9. The van der Waals surface area contributed by atoms with Crippen molar-refractivity contribution in [3.05, 3.63) is 76.8 Å². The summed E-state index contributed by atoms with van der Waals surface area (Å²) in [6.45, 7) is 2.27. The number of methoxy groups -OCH3 is 2. The summed E-state index contributed by atoms with van der Waals surface area (Å²) >= 11 is 12.1. The van der Waals surface area contributed by atoms with E-state index in [9.17, 15) is 9.59 Å². The molecule has 1 aliphatic heterocycles. The van der Waals surface area contributed by atoms with Gasteiger partial charge in [0.1, 0.15) is 6.04 Å². The molecule has 0 unspecified atom stereocenters. The highest BCUT2D eigenvalue weighted by atomic mass is 35.5. The molecule has 4 rings (SSSR count). The van der Waals surface area contributed by atoms with Crippen molar-refractivity contribution in [2.75, 3.05) is 50.0 Å². The number of amides is 2. The molecule has 3 aromatic rings. The van der Waals surface area contributed by atoms with Crippen LogP contribution in [0.1, 0.15) is 17.5 Å². The van der Waals surface area contributed by atoms with Crippen molar-refractivity contribution in [2.24, 2.45) is 0 Å². The molecule has 0 aliphatic carbocycles. The summed E-state index contributed by atoms with van der Waals surface area (Å²) in [5.74, 6) is 0.715. The molecule has 1 aliphatic rings. The Labute approximate surface area is 245 Å². The van der Waals surface area contributed by atoms with Crippen LogP contribution in [-0.2, 0) is 16.0 Å². The van der Waals surface area contributed by atoms with Crippen LogP contribution >= 0.6 is 23.8 Å². The van der Waals surface area contributed by atoms with Crippen LogP contribution in [0.2, 0.25) is 5.02 Å². The number of ether oxygens (including phenoxy) is 2. The Kier molecular flexibility index (Phi) is 9.17. The van der Waals surface area contributed by atoms with E-state index < -0.39 is 6.04 Å². The molecule has 0 saturated carbocycles. The number of nitrogens with zero attached hydrogens (tertiary/aromatic N) is 3. The lowest BCUT2D eigenvalue weighted by Gasteiger charge is -2.24. The van der Waals surface area contributed by atoms with E-state index in [-0.39, 0.29) is 18.2 Å². The van der Waals surface area contributed by atoms with Crippen molar-refractivity contribution in [3.8, 4) is 11.5 Å². The number of halogens is 1. The van der Waals surface area contributed by atoms with Gasteiger partial charge in [0.05, 0.1) is 26.3 Å². The average molecular weight is 581 g/mol. The summed E-state index contributed by atoms with van der Waals surface area (Å²) in [7, 11) is 7.08. The van der Waals surface area contributed by atoms with E-state index in [0.29, 0.717) is 46.0 Å². The minimum absolute atomic E-state index is 0.0663. The van der Waals surface area contributed by atoms with E-state index in [0.717, 1.165) is 16.8 Å². The lowest BCUT2D eigenvalue weighted by Crippen LogP contribution is -2.39. The number of benzene rings is 3. The van der Waals surface area contributed by atoms with Gasteiger partial charge in [-0.1, -0.05) is 23.7 Å². The Morgan fingerprint density at radius 2 is 1.75 bits per heavy atom. The van der Waals surface area contributed by atoms with E-state index in [2.05, 4.69) is 5.32 Å². The normalized spacial score (nSPS) is 14.9. The maximum Gasteiger partial charge on any atom is 0.256 e. The van der Waals surface area contributed by atoms with Gasteiger partial charge in [-0.2, -0.15) is 0 Å². The fraction of sp³-hybridized carbons (Fsp3) is 0.300. The number of hydrogen-bond donors (Lipinski definition) is 1. The van der Waals surface area contributed by atoms with Gasteiger partial charge in [-0.25, -0.2) is 0 Å². The summed E-state index contributed by atoms with van der Waals surface area (Å²) in [4.78, 5) is 32.3. The largest absolute Gasteiger partial charge is 0.493 e. The molecule has 1 atom stereocenters. The first-order valence-electron chi connectivity index (χ1n) is 12.8. The van der Waals surface area contributed by atoms with Crippen molar-refractivity contribution in [1.29, 1.82) is 0 Å². The minimum atomic E-state index is -0.763. The summed E-state index contributed by atoms with van der Waals surface area (Å²) in [5, 5.41) is 3.83. The number of hydrogen-bond acceptors (Lipinski definition) is 6. The third-order valence-electron chi connectivity index (χ3n) is 6.95. The monoisotopic (exact) mass is 580 g/mol. The smallest absolute Gasteiger partial charge is 0.256 e. The van der Waals surface area contributed by atoms with Gasteiger partial charge in [0.25, 0.3) is 5.91 Å². The van der Waals surface area contributed by atoms with Crippen molar-refractivity contribution in [1.82, 2.24) is 4.90 Å². The second-order valence-electron chi connectivity index (χ2n) is 9.68. The highest BCUT2D eigenvalue weighted by molar-refractivity contribution is 7.80. The molecule has 0 spiro atoms. The molecule has 210 valence electrons. The third kappa shape index (κ3) is 6.16. The molecule has 2 amide bonds. The second-order valence-corrected chi connectivity index (χ2v) is 10.5. The van der Waals surface area contributed by atoms with Crippen LogP contribution in [0.15, 0.2) is 60.7 Å². The predicted octanol–water partition coefficient (Wildman–Crippen LogP) is 5.31. The Balaban J connectivity index is 1.59. The number of nitrogens with one attached hydrogen (secondary N) is 1. The van der Waals surface area contributed by atoms with Crippen LogP contribution in [0.5, 0.6) is 11.5 Å². The second kappa shape index (κ2) is 12.6. The van der Waals surface area contributed by atoms with Crippen LogP contribution < -0.4 is 24.6 Å². The molecule has 10 heteroatoms. The van der Waals surface area contributed by atoms with Crippen LogP contribution in [0.4, 0.5) is 17.1 Å². The third-order valence-corrected chi connectivity index (χ3v) is 7.78. The maximum absolute atomic E-state index is 13.8. The number of anilines is 3. The van der Waals surface area contributed by atoms with E-state index in [1.165, 1.54) is 4.90 Å². The van der Waals surface area contributed by atoms with E-state index in [4.69, 9.17) is 33.3 Å². The lowest BCUT2D eigenvalue weighted by molar-refractivity contribution is -0.124. The molecule has 8 nitrogen and oxygen atoms in total. The topological polar surface area (TPSA) is 74.4 Å². The molecule has 0 aromatic heterocycles.